The number of aliphatic hydroxyl groups is 1. The topological polar surface area (TPSA) is 78.9 Å². The molecule has 6 nitrogen and oxygen atoms in total. The zero-order valence-corrected chi connectivity index (χ0v) is 24.8. The number of aliphatic hydroxyl groups excluding tert-OH is 1. The molecular formula is C35H42N2O4. The van der Waals surface area contributed by atoms with E-state index >= 15 is 0 Å². The van der Waals surface area contributed by atoms with Gasteiger partial charge in [0.05, 0.1) is 18.2 Å². The Morgan fingerprint density at radius 1 is 0.976 bits per heavy atom. The normalized spacial score (nSPS) is 20.7. The van der Waals surface area contributed by atoms with Crippen molar-refractivity contribution in [2.45, 2.75) is 89.8 Å². The summed E-state index contributed by atoms with van der Waals surface area (Å²) in [6.07, 6.45) is 0.953. The Hall–Kier alpha value is -3.48. The lowest BCUT2D eigenvalue weighted by molar-refractivity contribution is -0.153. The van der Waals surface area contributed by atoms with Crippen LogP contribution in [0, 0.1) is 5.92 Å². The van der Waals surface area contributed by atoms with Crippen molar-refractivity contribution in [2.75, 3.05) is 0 Å². The molecule has 1 heterocycles. The second kappa shape index (κ2) is 11.4. The van der Waals surface area contributed by atoms with Crippen molar-refractivity contribution < 1.29 is 19.4 Å². The van der Waals surface area contributed by atoms with Crippen molar-refractivity contribution in [3.8, 4) is 0 Å². The molecule has 0 saturated carbocycles. The van der Waals surface area contributed by atoms with Crippen molar-refractivity contribution in [1.82, 2.24) is 10.2 Å². The van der Waals surface area contributed by atoms with Crippen LogP contribution >= 0.6 is 0 Å². The number of carbonyl (C=O) groups excluding carboxylic acids is 2. The molecule has 3 aromatic carbocycles. The van der Waals surface area contributed by atoms with Gasteiger partial charge in [0.15, 0.2) is 0 Å². The van der Waals surface area contributed by atoms with Crippen LogP contribution in [0.4, 0.5) is 0 Å². The second-order valence-electron chi connectivity index (χ2n) is 13.0. The summed E-state index contributed by atoms with van der Waals surface area (Å²) in [4.78, 5) is 29.5. The van der Waals surface area contributed by atoms with Gasteiger partial charge in [0.25, 0.3) is 5.91 Å². The number of nitrogens with one attached hydrogen (secondary N) is 1. The predicted octanol–water partition coefficient (Wildman–Crippen LogP) is 5.63. The van der Waals surface area contributed by atoms with Crippen LogP contribution in [0.5, 0.6) is 0 Å². The van der Waals surface area contributed by atoms with E-state index in [0.717, 1.165) is 23.1 Å². The summed E-state index contributed by atoms with van der Waals surface area (Å²) in [6.45, 7) is 9.76. The third kappa shape index (κ3) is 6.39. The van der Waals surface area contributed by atoms with Crippen LogP contribution in [-0.2, 0) is 28.8 Å². The van der Waals surface area contributed by atoms with Gasteiger partial charge in [-0.1, -0.05) is 72.8 Å². The Kier molecular flexibility index (Phi) is 8.09. The fourth-order valence-electron chi connectivity index (χ4n) is 6.47. The number of ether oxygens (including phenoxy) is 1. The van der Waals surface area contributed by atoms with E-state index in [1.807, 2.05) is 100 Å². The monoisotopic (exact) mass is 554 g/mol. The fourth-order valence-corrected chi connectivity index (χ4v) is 6.47. The van der Waals surface area contributed by atoms with Crippen LogP contribution in [0.15, 0.2) is 78.9 Å². The maximum atomic E-state index is 14.5. The zero-order valence-electron chi connectivity index (χ0n) is 24.8. The average Bonchev–Trinajstić information content (AvgIpc) is 3.37. The van der Waals surface area contributed by atoms with Crippen molar-refractivity contribution >= 4 is 11.8 Å². The molecule has 1 aliphatic heterocycles. The highest BCUT2D eigenvalue weighted by Gasteiger charge is 2.54. The number of amides is 2. The Labute approximate surface area is 243 Å². The summed E-state index contributed by atoms with van der Waals surface area (Å²) in [5.41, 5.74) is 3.59. The summed E-state index contributed by atoms with van der Waals surface area (Å²) >= 11 is 0. The first-order valence-corrected chi connectivity index (χ1v) is 14.6. The van der Waals surface area contributed by atoms with E-state index in [2.05, 4.69) is 17.4 Å². The molecule has 41 heavy (non-hydrogen) atoms. The van der Waals surface area contributed by atoms with Crippen LogP contribution in [0.25, 0.3) is 0 Å². The molecule has 0 spiro atoms. The lowest BCUT2D eigenvalue weighted by Gasteiger charge is -2.37. The number of benzene rings is 3. The molecule has 5 rings (SSSR count). The van der Waals surface area contributed by atoms with Gasteiger partial charge in [0.1, 0.15) is 5.72 Å². The molecular weight excluding hydrogens is 512 g/mol. The second-order valence-corrected chi connectivity index (χ2v) is 13.0. The zero-order chi connectivity index (χ0) is 29.4. The van der Waals surface area contributed by atoms with Gasteiger partial charge in [0, 0.05) is 23.4 Å². The molecule has 0 aromatic heterocycles. The molecule has 1 fully saturated rings. The molecule has 2 N–H and O–H groups in total. The Balaban J connectivity index is 1.41. The number of hydrogen-bond acceptors (Lipinski definition) is 4. The van der Waals surface area contributed by atoms with E-state index in [1.54, 1.807) is 6.07 Å². The maximum Gasteiger partial charge on any atom is 0.251 e. The van der Waals surface area contributed by atoms with E-state index < -0.39 is 17.7 Å². The summed E-state index contributed by atoms with van der Waals surface area (Å²) in [7, 11) is 0. The van der Waals surface area contributed by atoms with Gasteiger partial charge in [0.2, 0.25) is 5.91 Å². The van der Waals surface area contributed by atoms with Gasteiger partial charge >= 0.3 is 0 Å². The van der Waals surface area contributed by atoms with Gasteiger partial charge in [-0.25, -0.2) is 0 Å². The van der Waals surface area contributed by atoms with E-state index in [4.69, 9.17) is 4.74 Å². The Morgan fingerprint density at radius 2 is 1.63 bits per heavy atom. The van der Waals surface area contributed by atoms with Crippen molar-refractivity contribution in [1.29, 1.82) is 0 Å². The van der Waals surface area contributed by atoms with E-state index in [0.29, 0.717) is 12.0 Å². The lowest BCUT2D eigenvalue weighted by Crippen LogP contribution is -2.48. The van der Waals surface area contributed by atoms with E-state index in [1.165, 1.54) is 5.56 Å². The predicted molar refractivity (Wildman–Crippen MR) is 160 cm³/mol. The van der Waals surface area contributed by atoms with Crippen LogP contribution in [0.2, 0.25) is 0 Å². The minimum absolute atomic E-state index is 0.0131. The molecule has 216 valence electrons. The third-order valence-corrected chi connectivity index (χ3v) is 8.12. The number of rotatable bonds is 8. The molecule has 2 amide bonds. The number of nitrogens with zero attached hydrogens (tertiary/aromatic N) is 1. The molecule has 0 unspecified atom stereocenters. The highest BCUT2D eigenvalue weighted by atomic mass is 16.5. The number of carbonyl (C=O) groups is 2. The molecule has 4 atom stereocenters. The minimum atomic E-state index is -0.811. The number of fused-ring (bicyclic) bond motifs is 3. The number of hydrogen-bond donors (Lipinski definition) is 2. The SMILES string of the molecule is CC(C)(C)NC(=O)c1ccccc1C[C@@H](O)C[C@@H](Cc1ccccc1)C(=O)N1[C@H]2c3ccccc3C[C@H]2OC1(C)C. The van der Waals surface area contributed by atoms with Crippen LogP contribution in [0.3, 0.4) is 0 Å². The first-order chi connectivity index (χ1) is 19.4. The van der Waals surface area contributed by atoms with Gasteiger partial charge in [-0.15, -0.1) is 0 Å². The lowest BCUT2D eigenvalue weighted by atomic mass is 9.88. The van der Waals surface area contributed by atoms with Gasteiger partial charge in [-0.2, -0.15) is 0 Å². The highest BCUT2D eigenvalue weighted by molar-refractivity contribution is 5.96. The first kappa shape index (κ1) is 29.0. The molecule has 1 aliphatic carbocycles. The van der Waals surface area contributed by atoms with Gasteiger partial charge in [-0.3, -0.25) is 9.59 Å². The van der Waals surface area contributed by atoms with Crippen molar-refractivity contribution in [3.63, 3.8) is 0 Å². The summed E-state index contributed by atoms with van der Waals surface area (Å²) in [5, 5.41) is 14.4. The molecule has 2 aliphatic rings. The smallest absolute Gasteiger partial charge is 0.251 e. The summed E-state index contributed by atoms with van der Waals surface area (Å²) in [6, 6.07) is 25.5. The Bertz CT molecular complexity index is 1390. The standard InChI is InChI=1S/C35H42N2O4/c1-34(2,3)36-32(39)29-18-12-10-15-24(29)20-27(38)21-26(19-23-13-7-6-8-14-23)33(40)37-31-28-17-11-9-16-25(28)22-30(31)41-35(37,4)5/h6-18,26-27,30-31,38H,19-22H2,1-5H3,(H,36,39)/t26-,27-,30-,31+/m1/s1. The van der Waals surface area contributed by atoms with E-state index in [-0.39, 0.29) is 42.3 Å². The summed E-state index contributed by atoms with van der Waals surface area (Å²) < 4.78 is 6.47. The third-order valence-electron chi connectivity index (χ3n) is 8.12. The van der Waals surface area contributed by atoms with E-state index in [9.17, 15) is 14.7 Å². The van der Waals surface area contributed by atoms with Crippen LogP contribution in [-0.4, -0.2) is 45.3 Å². The average molecular weight is 555 g/mol. The van der Waals surface area contributed by atoms with Crippen LogP contribution < -0.4 is 5.32 Å². The van der Waals surface area contributed by atoms with Gasteiger partial charge in [-0.05, 0) is 82.2 Å². The van der Waals surface area contributed by atoms with Crippen molar-refractivity contribution in [3.05, 3.63) is 107 Å². The van der Waals surface area contributed by atoms with Gasteiger partial charge < -0.3 is 20.1 Å². The summed E-state index contributed by atoms with van der Waals surface area (Å²) in [5.74, 6) is -0.641. The fraction of sp³-hybridized carbons (Fsp3) is 0.429. The highest BCUT2D eigenvalue weighted by Crippen LogP contribution is 2.49. The molecule has 3 aromatic rings. The quantitative estimate of drug-likeness (QED) is 0.378. The molecule has 0 radical (unpaired) electrons. The molecule has 0 bridgehead atoms. The molecule has 1 saturated heterocycles. The Morgan fingerprint density at radius 3 is 2.37 bits per heavy atom. The molecule has 6 heteroatoms. The van der Waals surface area contributed by atoms with Crippen LogP contribution in [0.1, 0.15) is 79.7 Å². The van der Waals surface area contributed by atoms with Crippen molar-refractivity contribution in [2.24, 2.45) is 5.92 Å². The largest absolute Gasteiger partial charge is 0.393 e. The maximum absolute atomic E-state index is 14.5. The minimum Gasteiger partial charge on any atom is -0.393 e. The first-order valence-electron chi connectivity index (χ1n) is 14.6.